The third-order valence-corrected chi connectivity index (χ3v) is 4.13. The number of nitrogens with two attached hydrogens (primary N) is 1. The fraction of sp³-hybridized carbons (Fsp3) is 0.833. The summed E-state index contributed by atoms with van der Waals surface area (Å²) >= 11 is 0. The number of carbonyl (C=O) groups is 2. The minimum absolute atomic E-state index is 0.0998. The summed E-state index contributed by atoms with van der Waals surface area (Å²) in [5.74, 6) is -0.111. The van der Waals surface area contributed by atoms with Crippen LogP contribution in [-0.4, -0.2) is 40.9 Å². The molecule has 0 spiro atoms. The minimum atomic E-state index is -1.31. The first-order valence-electron chi connectivity index (χ1n) is 6.52. The Balaban J connectivity index is 2.17. The molecule has 2 fully saturated rings. The van der Waals surface area contributed by atoms with Crippen LogP contribution >= 0.6 is 0 Å². The molecule has 1 aliphatic heterocycles. The number of likely N-dealkylation sites (tertiary alicyclic amines) is 1. The Morgan fingerprint density at radius 2 is 2.00 bits per heavy atom. The van der Waals surface area contributed by atoms with E-state index in [1.807, 2.05) is 0 Å². The average molecular weight is 256 g/mol. The lowest BCUT2D eigenvalue weighted by atomic mass is 9.75. The lowest BCUT2D eigenvalue weighted by molar-refractivity contribution is -0.225. The second kappa shape index (κ2) is 5.14. The van der Waals surface area contributed by atoms with Crippen LogP contribution in [0, 0.1) is 5.92 Å². The molecule has 1 amide bonds. The number of rotatable bonds is 3. The van der Waals surface area contributed by atoms with Crippen molar-refractivity contribution in [3.8, 4) is 0 Å². The summed E-state index contributed by atoms with van der Waals surface area (Å²) in [6.45, 7) is 0.442. The van der Waals surface area contributed by atoms with Gasteiger partial charge in [0.2, 0.25) is 5.91 Å². The quantitative estimate of drug-likeness (QED) is 0.739. The minimum Gasteiger partial charge on any atom is -0.450 e. The summed E-state index contributed by atoms with van der Waals surface area (Å²) in [7, 11) is 0. The molecule has 0 aromatic carbocycles. The van der Waals surface area contributed by atoms with Crippen LogP contribution < -0.4 is 5.73 Å². The maximum Gasteiger partial charge on any atom is 0.507 e. The van der Waals surface area contributed by atoms with E-state index in [9.17, 15) is 9.59 Å². The van der Waals surface area contributed by atoms with E-state index in [0.29, 0.717) is 13.0 Å². The zero-order valence-electron chi connectivity index (χ0n) is 10.4. The first-order chi connectivity index (χ1) is 8.60. The van der Waals surface area contributed by atoms with E-state index in [0.717, 1.165) is 25.7 Å². The zero-order valence-corrected chi connectivity index (χ0v) is 10.4. The smallest absolute Gasteiger partial charge is 0.450 e. The number of hydrogen-bond donors (Lipinski definition) is 2. The van der Waals surface area contributed by atoms with Crippen molar-refractivity contribution in [1.29, 1.82) is 0 Å². The summed E-state index contributed by atoms with van der Waals surface area (Å²) < 4.78 is 5.12. The average Bonchev–Trinajstić information content (AvgIpc) is 2.35. The van der Waals surface area contributed by atoms with Crippen LogP contribution in [0.4, 0.5) is 4.79 Å². The van der Waals surface area contributed by atoms with Crippen LogP contribution in [0.5, 0.6) is 0 Å². The number of hydrogen-bond acceptors (Lipinski definition) is 4. The van der Waals surface area contributed by atoms with Gasteiger partial charge in [-0.25, -0.2) is 4.79 Å². The molecule has 1 saturated heterocycles. The molecule has 6 heteroatoms. The molecular formula is C12H20N2O4. The Labute approximate surface area is 106 Å². The molecule has 2 aliphatic rings. The molecule has 1 unspecified atom stereocenters. The Morgan fingerprint density at radius 3 is 2.44 bits per heavy atom. The summed E-state index contributed by atoms with van der Waals surface area (Å²) in [5, 5.41) is 8.93. The molecule has 6 nitrogen and oxygen atoms in total. The topological polar surface area (TPSA) is 92.9 Å². The Morgan fingerprint density at radius 1 is 1.33 bits per heavy atom. The van der Waals surface area contributed by atoms with Crippen molar-refractivity contribution in [1.82, 2.24) is 4.90 Å². The van der Waals surface area contributed by atoms with Crippen molar-refractivity contribution in [3.05, 3.63) is 0 Å². The predicted octanol–water partition coefficient (Wildman–Crippen LogP) is 1.15. The van der Waals surface area contributed by atoms with Gasteiger partial charge in [-0.2, -0.15) is 0 Å². The second-order valence-electron chi connectivity index (χ2n) is 5.05. The molecule has 3 N–H and O–H groups in total. The fourth-order valence-electron chi connectivity index (χ4n) is 3.21. The number of carboxylic acid groups (broad SMARTS) is 1. The normalized spacial score (nSPS) is 28.6. The van der Waals surface area contributed by atoms with Gasteiger partial charge in [0.25, 0.3) is 0 Å². The van der Waals surface area contributed by atoms with E-state index in [-0.39, 0.29) is 18.4 Å². The third kappa shape index (κ3) is 2.16. The summed E-state index contributed by atoms with van der Waals surface area (Å²) in [4.78, 5) is 24.2. The number of ether oxygens (including phenoxy) is 1. The third-order valence-electron chi connectivity index (χ3n) is 4.13. The van der Waals surface area contributed by atoms with Gasteiger partial charge >= 0.3 is 6.16 Å². The van der Waals surface area contributed by atoms with Gasteiger partial charge in [-0.05, 0) is 12.8 Å². The summed E-state index contributed by atoms with van der Waals surface area (Å²) in [6.07, 6.45) is 4.43. The van der Waals surface area contributed by atoms with Crippen molar-refractivity contribution in [3.63, 3.8) is 0 Å². The molecule has 1 saturated carbocycles. The van der Waals surface area contributed by atoms with E-state index < -0.39 is 11.9 Å². The molecule has 18 heavy (non-hydrogen) atoms. The van der Waals surface area contributed by atoms with Crippen molar-refractivity contribution in [2.75, 3.05) is 13.1 Å². The Bertz CT molecular complexity index is 341. The highest BCUT2D eigenvalue weighted by Gasteiger charge is 2.55. The van der Waals surface area contributed by atoms with Gasteiger partial charge in [-0.1, -0.05) is 19.3 Å². The standard InChI is InChI=1S/C12H20N2O4/c13-8-10(15)14-7-6-12(14,18-11(16)17)9-4-2-1-3-5-9/h9H,1-8,13H2,(H,16,17). The van der Waals surface area contributed by atoms with Gasteiger partial charge < -0.3 is 20.5 Å². The molecular weight excluding hydrogens is 236 g/mol. The van der Waals surface area contributed by atoms with Gasteiger partial charge in [0, 0.05) is 18.9 Å². The largest absolute Gasteiger partial charge is 0.507 e. The number of nitrogens with zero attached hydrogens (tertiary/aromatic N) is 1. The van der Waals surface area contributed by atoms with Crippen molar-refractivity contribution >= 4 is 12.1 Å². The van der Waals surface area contributed by atoms with Gasteiger partial charge in [0.1, 0.15) is 0 Å². The summed E-state index contributed by atoms with van der Waals surface area (Å²) in [5.41, 5.74) is 4.43. The monoisotopic (exact) mass is 256 g/mol. The molecule has 0 aromatic rings. The van der Waals surface area contributed by atoms with Crippen LogP contribution in [-0.2, 0) is 9.53 Å². The van der Waals surface area contributed by atoms with E-state index in [1.54, 1.807) is 0 Å². The van der Waals surface area contributed by atoms with Crippen molar-refractivity contribution in [2.24, 2.45) is 11.7 Å². The van der Waals surface area contributed by atoms with E-state index >= 15 is 0 Å². The van der Waals surface area contributed by atoms with E-state index in [4.69, 9.17) is 15.6 Å². The second-order valence-corrected chi connectivity index (χ2v) is 5.05. The lowest BCUT2D eigenvalue weighted by Crippen LogP contribution is -2.68. The van der Waals surface area contributed by atoms with Crippen LogP contribution in [0.3, 0.4) is 0 Å². The van der Waals surface area contributed by atoms with E-state index in [2.05, 4.69) is 0 Å². The van der Waals surface area contributed by atoms with Gasteiger partial charge in [-0.3, -0.25) is 4.79 Å². The summed E-state index contributed by atoms with van der Waals surface area (Å²) in [6, 6.07) is 0. The lowest BCUT2D eigenvalue weighted by Gasteiger charge is -2.55. The number of carbonyl (C=O) groups excluding carboxylic acids is 1. The van der Waals surface area contributed by atoms with Gasteiger partial charge in [0.05, 0.1) is 6.54 Å². The molecule has 0 aromatic heterocycles. The molecule has 1 atom stereocenters. The maximum atomic E-state index is 11.8. The van der Waals surface area contributed by atoms with Crippen molar-refractivity contribution < 1.29 is 19.4 Å². The van der Waals surface area contributed by atoms with E-state index in [1.165, 1.54) is 11.3 Å². The van der Waals surface area contributed by atoms with Crippen LogP contribution in [0.15, 0.2) is 0 Å². The predicted molar refractivity (Wildman–Crippen MR) is 63.8 cm³/mol. The highest BCUT2D eigenvalue weighted by atomic mass is 16.7. The Kier molecular flexibility index (Phi) is 3.75. The molecule has 1 aliphatic carbocycles. The molecule has 0 bridgehead atoms. The van der Waals surface area contributed by atoms with Crippen LogP contribution in [0.1, 0.15) is 38.5 Å². The Hall–Kier alpha value is -1.30. The fourth-order valence-corrected chi connectivity index (χ4v) is 3.21. The zero-order chi connectivity index (χ0) is 13.2. The molecule has 0 radical (unpaired) electrons. The maximum absolute atomic E-state index is 11.8. The first kappa shape index (κ1) is 13.1. The van der Waals surface area contributed by atoms with Crippen LogP contribution in [0.25, 0.3) is 0 Å². The molecule has 102 valence electrons. The highest BCUT2D eigenvalue weighted by Crippen LogP contribution is 2.45. The van der Waals surface area contributed by atoms with Crippen molar-refractivity contribution in [2.45, 2.75) is 44.2 Å². The first-order valence-corrected chi connectivity index (χ1v) is 6.52. The van der Waals surface area contributed by atoms with Crippen LogP contribution in [0.2, 0.25) is 0 Å². The van der Waals surface area contributed by atoms with Gasteiger partial charge in [-0.15, -0.1) is 0 Å². The van der Waals surface area contributed by atoms with Gasteiger partial charge in [0.15, 0.2) is 5.72 Å². The number of amides is 1. The molecule has 1 heterocycles. The molecule has 2 rings (SSSR count). The highest BCUT2D eigenvalue weighted by molar-refractivity contribution is 5.80. The SMILES string of the molecule is NCC(=O)N1CCC1(OC(=O)O)C1CCCCC1.